The third kappa shape index (κ3) is 3.38. The van der Waals surface area contributed by atoms with Gasteiger partial charge in [-0.1, -0.05) is 24.3 Å². The average molecular weight is 389 g/mol. The lowest BCUT2D eigenvalue weighted by Crippen LogP contribution is -2.26. The van der Waals surface area contributed by atoms with Crippen molar-refractivity contribution in [3.05, 3.63) is 71.5 Å². The minimum absolute atomic E-state index is 0.0310. The third-order valence-electron chi connectivity index (χ3n) is 4.17. The number of hydrogen-bond acceptors (Lipinski definition) is 4. The maximum absolute atomic E-state index is 13.6. The Morgan fingerprint density at radius 3 is 2.61 bits per heavy atom. The fourth-order valence-electron chi connectivity index (χ4n) is 2.88. The molecule has 144 valence electrons. The van der Waals surface area contributed by atoms with Gasteiger partial charge in [-0.15, -0.1) is 0 Å². The number of benzene rings is 2. The van der Waals surface area contributed by atoms with Crippen molar-refractivity contribution in [2.45, 2.75) is 12.7 Å². The molecule has 2 heterocycles. The number of aromatic nitrogens is 2. The van der Waals surface area contributed by atoms with E-state index >= 15 is 0 Å². The van der Waals surface area contributed by atoms with E-state index in [0.717, 1.165) is 10.9 Å². The first-order valence-electron chi connectivity index (χ1n) is 8.31. The number of carbonyl (C=O) groups excluding carboxylic acids is 1. The van der Waals surface area contributed by atoms with E-state index in [9.17, 15) is 18.0 Å². The average Bonchev–Trinajstić information content (AvgIpc) is 3.33. The molecule has 0 fully saturated rings. The van der Waals surface area contributed by atoms with Crippen LogP contribution in [0.1, 0.15) is 21.6 Å². The van der Waals surface area contributed by atoms with Crippen LogP contribution < -0.4 is 14.8 Å². The molecule has 6 nitrogen and oxygen atoms in total. The van der Waals surface area contributed by atoms with Crippen LogP contribution in [0.5, 0.6) is 11.5 Å². The van der Waals surface area contributed by atoms with Crippen LogP contribution in [0.15, 0.2) is 54.7 Å². The van der Waals surface area contributed by atoms with Crippen LogP contribution in [0.2, 0.25) is 0 Å². The third-order valence-corrected chi connectivity index (χ3v) is 4.17. The van der Waals surface area contributed by atoms with Crippen molar-refractivity contribution in [2.24, 2.45) is 0 Å². The zero-order valence-electron chi connectivity index (χ0n) is 14.4. The van der Waals surface area contributed by atoms with Crippen LogP contribution in [0, 0.1) is 0 Å². The van der Waals surface area contributed by atoms with Crippen molar-refractivity contribution >= 4 is 5.91 Å². The molecule has 0 saturated carbocycles. The maximum atomic E-state index is 13.6. The van der Waals surface area contributed by atoms with E-state index in [1.165, 1.54) is 12.1 Å². The van der Waals surface area contributed by atoms with Crippen LogP contribution in [0.25, 0.3) is 5.69 Å². The Balaban J connectivity index is 1.58. The van der Waals surface area contributed by atoms with Crippen molar-refractivity contribution in [3.63, 3.8) is 0 Å². The Morgan fingerprint density at radius 1 is 1.11 bits per heavy atom. The summed E-state index contributed by atoms with van der Waals surface area (Å²) >= 11 is 0. The van der Waals surface area contributed by atoms with Gasteiger partial charge in [-0.3, -0.25) is 4.79 Å². The van der Waals surface area contributed by atoms with E-state index in [-0.39, 0.29) is 19.0 Å². The smallest absolute Gasteiger partial charge is 0.434 e. The fourth-order valence-corrected chi connectivity index (χ4v) is 2.88. The molecule has 0 aliphatic carbocycles. The summed E-state index contributed by atoms with van der Waals surface area (Å²) in [7, 11) is 0. The highest BCUT2D eigenvalue weighted by atomic mass is 19.4. The molecule has 1 aliphatic rings. The number of ether oxygens (including phenoxy) is 2. The summed E-state index contributed by atoms with van der Waals surface area (Å²) in [5.41, 5.74) is -0.787. The second-order valence-corrected chi connectivity index (χ2v) is 6.02. The van der Waals surface area contributed by atoms with Gasteiger partial charge in [0.25, 0.3) is 5.91 Å². The summed E-state index contributed by atoms with van der Waals surface area (Å²) < 4.78 is 52.1. The Morgan fingerprint density at radius 2 is 1.86 bits per heavy atom. The van der Waals surface area contributed by atoms with Crippen molar-refractivity contribution in [2.75, 3.05) is 6.79 Å². The van der Waals surface area contributed by atoms with Gasteiger partial charge in [-0.05, 0) is 29.8 Å². The Hall–Kier alpha value is -3.49. The summed E-state index contributed by atoms with van der Waals surface area (Å²) in [4.78, 5) is 12.4. The summed E-state index contributed by atoms with van der Waals surface area (Å²) in [5.74, 6) is 0.241. The number of amides is 1. The van der Waals surface area contributed by atoms with E-state index in [1.807, 2.05) is 0 Å². The van der Waals surface area contributed by atoms with Gasteiger partial charge in [0.1, 0.15) is 0 Å². The number of fused-ring (bicyclic) bond motifs is 1. The molecule has 4 rings (SSSR count). The van der Waals surface area contributed by atoms with Crippen molar-refractivity contribution in [1.82, 2.24) is 15.1 Å². The summed E-state index contributed by atoms with van der Waals surface area (Å²) in [5, 5.41) is 6.27. The van der Waals surface area contributed by atoms with Crippen molar-refractivity contribution in [1.29, 1.82) is 0 Å². The summed E-state index contributed by atoms with van der Waals surface area (Å²) in [6.07, 6.45) is -3.83. The van der Waals surface area contributed by atoms with Crippen molar-refractivity contribution < 1.29 is 27.4 Å². The Kier molecular flexibility index (Phi) is 4.42. The quantitative estimate of drug-likeness (QED) is 0.741. The lowest BCUT2D eigenvalue weighted by Gasteiger charge is -2.13. The van der Waals surface area contributed by atoms with E-state index in [1.54, 1.807) is 36.4 Å². The molecule has 0 saturated heterocycles. The monoisotopic (exact) mass is 389 g/mol. The van der Waals surface area contributed by atoms with E-state index in [2.05, 4.69) is 10.4 Å². The molecule has 0 unspecified atom stereocenters. The maximum Gasteiger partial charge on any atom is 0.434 e. The molecule has 1 aliphatic heterocycles. The van der Waals surface area contributed by atoms with Crippen LogP contribution >= 0.6 is 0 Å². The van der Waals surface area contributed by atoms with E-state index in [0.29, 0.717) is 17.1 Å². The molecule has 9 heteroatoms. The van der Waals surface area contributed by atoms with E-state index < -0.39 is 23.3 Å². The molecule has 3 aromatic rings. The lowest BCUT2D eigenvalue weighted by atomic mass is 10.1. The minimum atomic E-state index is -4.75. The van der Waals surface area contributed by atoms with Gasteiger partial charge in [0.05, 0.1) is 17.4 Å². The zero-order chi connectivity index (χ0) is 19.7. The Bertz CT molecular complexity index is 1020. The Labute approximate surface area is 157 Å². The highest BCUT2D eigenvalue weighted by Crippen LogP contribution is 2.34. The summed E-state index contributed by atoms with van der Waals surface area (Å²) in [6, 6.07) is 12.9. The first-order chi connectivity index (χ1) is 13.4. The number of hydrogen-bond donors (Lipinski definition) is 1. The number of nitrogens with zero attached hydrogens (tertiary/aromatic N) is 2. The molecule has 28 heavy (non-hydrogen) atoms. The normalized spacial score (nSPS) is 12.8. The van der Waals surface area contributed by atoms with Crippen LogP contribution in [-0.4, -0.2) is 22.5 Å². The highest BCUT2D eigenvalue weighted by molar-refractivity contribution is 5.95. The highest BCUT2D eigenvalue weighted by Gasteiger charge is 2.40. The second kappa shape index (κ2) is 6.91. The van der Waals surface area contributed by atoms with Gasteiger partial charge >= 0.3 is 6.18 Å². The number of para-hydroxylation sites is 1. The molecule has 0 spiro atoms. The molecule has 1 N–H and O–H groups in total. The summed E-state index contributed by atoms with van der Waals surface area (Å²) in [6.45, 7) is 0.141. The van der Waals surface area contributed by atoms with Gasteiger partial charge < -0.3 is 14.8 Å². The molecule has 0 radical (unpaired) electrons. The molecule has 2 aromatic carbocycles. The SMILES string of the molecule is O=C(NCc1ccc2c(c1)OCO2)c1cnn(-c2ccccc2)c1C(F)(F)F. The molecule has 1 aromatic heterocycles. The van der Waals surface area contributed by atoms with Crippen LogP contribution in [0.3, 0.4) is 0 Å². The van der Waals surface area contributed by atoms with E-state index in [4.69, 9.17) is 9.47 Å². The number of carbonyl (C=O) groups is 1. The van der Waals surface area contributed by atoms with Gasteiger partial charge in [0.2, 0.25) is 6.79 Å². The molecule has 1 amide bonds. The standard InChI is InChI=1S/C19H14F3N3O3/c20-19(21,22)17-14(10-24-25(17)13-4-2-1-3-5-13)18(26)23-9-12-6-7-15-16(8-12)28-11-27-15/h1-8,10H,9,11H2,(H,23,26). The van der Waals surface area contributed by atoms with Crippen molar-refractivity contribution in [3.8, 4) is 17.2 Å². The lowest BCUT2D eigenvalue weighted by molar-refractivity contribution is -0.143. The van der Waals surface area contributed by atoms with Gasteiger partial charge in [0, 0.05) is 6.54 Å². The fraction of sp³-hybridized carbons (Fsp3) is 0.158. The predicted octanol–water partition coefficient (Wildman–Crippen LogP) is 3.55. The molecule has 0 atom stereocenters. The van der Waals surface area contributed by atoms with Gasteiger partial charge in [0.15, 0.2) is 17.2 Å². The van der Waals surface area contributed by atoms with Gasteiger partial charge in [-0.25, -0.2) is 4.68 Å². The molecular weight excluding hydrogens is 375 g/mol. The second-order valence-electron chi connectivity index (χ2n) is 6.02. The number of halogens is 3. The number of alkyl halides is 3. The number of rotatable bonds is 4. The molecular formula is C19H14F3N3O3. The number of nitrogens with one attached hydrogen (secondary N) is 1. The minimum Gasteiger partial charge on any atom is -0.454 e. The molecule has 0 bridgehead atoms. The first-order valence-corrected chi connectivity index (χ1v) is 8.31. The zero-order valence-corrected chi connectivity index (χ0v) is 14.4. The van der Waals surface area contributed by atoms with Gasteiger partial charge in [-0.2, -0.15) is 18.3 Å². The predicted molar refractivity (Wildman–Crippen MR) is 92.3 cm³/mol. The van der Waals surface area contributed by atoms with Crippen LogP contribution in [-0.2, 0) is 12.7 Å². The first kappa shape index (κ1) is 17.9. The topological polar surface area (TPSA) is 65.4 Å². The van der Waals surface area contributed by atoms with Crippen LogP contribution in [0.4, 0.5) is 13.2 Å². The largest absolute Gasteiger partial charge is 0.454 e.